The van der Waals surface area contributed by atoms with Gasteiger partial charge in [-0.1, -0.05) is 22.0 Å². The van der Waals surface area contributed by atoms with Gasteiger partial charge in [0.1, 0.15) is 5.75 Å². The maximum Gasteiger partial charge on any atom is 0.573 e. The highest BCUT2D eigenvalue weighted by Crippen LogP contribution is 2.28. The third-order valence-corrected chi connectivity index (χ3v) is 3.47. The molecule has 3 rings (SSSR count). The van der Waals surface area contributed by atoms with E-state index in [0.717, 1.165) is 15.4 Å². The van der Waals surface area contributed by atoms with E-state index in [2.05, 4.69) is 20.7 Å². The first-order valence-electron chi connectivity index (χ1n) is 6.05. The molecule has 0 radical (unpaired) electrons. The van der Waals surface area contributed by atoms with Crippen LogP contribution in [0.5, 0.6) is 5.75 Å². The molecule has 0 aliphatic heterocycles. The highest BCUT2D eigenvalue weighted by Gasteiger charge is 2.31. The maximum atomic E-state index is 12.3. The Morgan fingerprint density at radius 1 is 1.00 bits per heavy atom. The van der Waals surface area contributed by atoms with Gasteiger partial charge in [0.25, 0.3) is 0 Å². The number of rotatable bonds is 2. The average molecular weight is 356 g/mol. The Balaban J connectivity index is 2.04. The van der Waals surface area contributed by atoms with Crippen LogP contribution < -0.4 is 4.74 Å². The van der Waals surface area contributed by atoms with Crippen molar-refractivity contribution in [2.24, 2.45) is 0 Å². The van der Waals surface area contributed by atoms with Crippen molar-refractivity contribution < 1.29 is 17.9 Å². The van der Waals surface area contributed by atoms with E-state index in [-0.39, 0.29) is 5.75 Å². The molecule has 0 aliphatic carbocycles. The molecule has 1 heterocycles. The fraction of sp³-hybridized carbons (Fsp3) is 0.0667. The van der Waals surface area contributed by atoms with Gasteiger partial charge in [-0.25, -0.2) is 0 Å². The maximum absolute atomic E-state index is 12.3. The molecule has 0 spiro atoms. The van der Waals surface area contributed by atoms with Gasteiger partial charge in [-0.2, -0.15) is 0 Å². The van der Waals surface area contributed by atoms with Gasteiger partial charge >= 0.3 is 6.36 Å². The van der Waals surface area contributed by atoms with Crippen LogP contribution in [-0.2, 0) is 0 Å². The number of alkyl halides is 3. The Morgan fingerprint density at radius 2 is 1.81 bits per heavy atom. The molecule has 21 heavy (non-hydrogen) atoms. The summed E-state index contributed by atoms with van der Waals surface area (Å²) in [7, 11) is 0. The predicted molar refractivity (Wildman–Crippen MR) is 77.7 cm³/mol. The molecular formula is C15H9BrF3NO. The molecule has 0 saturated heterocycles. The second-order valence-corrected chi connectivity index (χ2v) is 5.35. The van der Waals surface area contributed by atoms with E-state index in [1.807, 2.05) is 35.0 Å². The highest BCUT2D eigenvalue weighted by atomic mass is 79.9. The van der Waals surface area contributed by atoms with Crippen molar-refractivity contribution in [2.75, 3.05) is 0 Å². The smallest absolute Gasteiger partial charge is 0.406 e. The lowest BCUT2D eigenvalue weighted by molar-refractivity contribution is -0.274. The molecule has 2 aromatic carbocycles. The first-order valence-corrected chi connectivity index (χ1v) is 6.84. The van der Waals surface area contributed by atoms with Crippen molar-refractivity contribution in [1.29, 1.82) is 0 Å². The first-order chi connectivity index (χ1) is 9.92. The van der Waals surface area contributed by atoms with Crippen LogP contribution in [0, 0.1) is 0 Å². The summed E-state index contributed by atoms with van der Waals surface area (Å²) in [5, 5.41) is 0.992. The first kappa shape index (κ1) is 14.0. The molecule has 0 fully saturated rings. The largest absolute Gasteiger partial charge is 0.573 e. The lowest BCUT2D eigenvalue weighted by Crippen LogP contribution is -2.17. The summed E-state index contributed by atoms with van der Waals surface area (Å²) >= 11 is 3.39. The number of hydrogen-bond donors (Lipinski definition) is 0. The molecule has 2 nitrogen and oxygen atoms in total. The number of nitrogens with zero attached hydrogens (tertiary/aromatic N) is 1. The fourth-order valence-electron chi connectivity index (χ4n) is 2.17. The lowest BCUT2D eigenvalue weighted by atomic mass is 10.2. The van der Waals surface area contributed by atoms with Crippen molar-refractivity contribution in [3.8, 4) is 11.4 Å². The second-order valence-electron chi connectivity index (χ2n) is 4.43. The zero-order chi connectivity index (χ0) is 15.0. The highest BCUT2D eigenvalue weighted by molar-refractivity contribution is 9.10. The Hall–Kier alpha value is -1.95. The van der Waals surface area contributed by atoms with Gasteiger partial charge in [0, 0.05) is 27.8 Å². The molecule has 1 aromatic heterocycles. The van der Waals surface area contributed by atoms with Crippen LogP contribution in [-0.4, -0.2) is 10.9 Å². The third-order valence-electron chi connectivity index (χ3n) is 2.98. The van der Waals surface area contributed by atoms with E-state index >= 15 is 0 Å². The van der Waals surface area contributed by atoms with Crippen molar-refractivity contribution in [2.45, 2.75) is 6.36 Å². The van der Waals surface area contributed by atoms with Gasteiger partial charge in [-0.3, -0.25) is 0 Å². The number of halogens is 4. The van der Waals surface area contributed by atoms with E-state index < -0.39 is 6.36 Å². The third kappa shape index (κ3) is 3.05. The van der Waals surface area contributed by atoms with Crippen molar-refractivity contribution in [1.82, 2.24) is 4.57 Å². The normalized spacial score (nSPS) is 11.8. The number of ether oxygens (including phenoxy) is 1. The standard InChI is InChI=1S/C15H9BrF3NO/c16-11-4-5-14-10(8-11)6-7-20(14)12-2-1-3-13(9-12)21-15(17,18)19/h1-9H. The molecule has 0 N–H and O–H groups in total. The van der Waals surface area contributed by atoms with E-state index in [0.29, 0.717) is 5.69 Å². The molecule has 0 aliphatic rings. The Labute approximate surface area is 126 Å². The number of hydrogen-bond acceptors (Lipinski definition) is 1. The van der Waals surface area contributed by atoms with Gasteiger partial charge in [0.05, 0.1) is 5.52 Å². The number of benzene rings is 2. The summed E-state index contributed by atoms with van der Waals surface area (Å²) < 4.78 is 43.5. The lowest BCUT2D eigenvalue weighted by Gasteiger charge is -2.11. The minimum Gasteiger partial charge on any atom is -0.406 e. The van der Waals surface area contributed by atoms with Gasteiger partial charge in [-0.15, -0.1) is 13.2 Å². The Kier molecular flexibility index (Phi) is 3.41. The fourth-order valence-corrected chi connectivity index (χ4v) is 2.55. The Bertz CT molecular complexity index is 795. The van der Waals surface area contributed by atoms with E-state index in [1.54, 1.807) is 6.07 Å². The minimum absolute atomic E-state index is 0.237. The molecule has 108 valence electrons. The van der Waals surface area contributed by atoms with Crippen molar-refractivity contribution >= 4 is 26.8 Å². The van der Waals surface area contributed by atoms with Crippen LogP contribution >= 0.6 is 15.9 Å². The zero-order valence-corrected chi connectivity index (χ0v) is 12.1. The van der Waals surface area contributed by atoms with Crippen LogP contribution in [0.15, 0.2) is 59.2 Å². The van der Waals surface area contributed by atoms with Crippen LogP contribution in [0.3, 0.4) is 0 Å². The van der Waals surface area contributed by atoms with Gasteiger partial charge in [-0.05, 0) is 36.4 Å². The topological polar surface area (TPSA) is 14.2 Å². The summed E-state index contributed by atoms with van der Waals surface area (Å²) in [6.07, 6.45) is -2.88. The van der Waals surface area contributed by atoms with E-state index in [4.69, 9.17) is 0 Å². The van der Waals surface area contributed by atoms with Crippen LogP contribution in [0.4, 0.5) is 13.2 Å². The van der Waals surface area contributed by atoms with Crippen LogP contribution in [0.2, 0.25) is 0 Å². The summed E-state index contributed by atoms with van der Waals surface area (Å²) in [5.41, 5.74) is 1.51. The Morgan fingerprint density at radius 3 is 2.57 bits per heavy atom. The number of fused-ring (bicyclic) bond motifs is 1. The molecule has 0 atom stereocenters. The van der Waals surface area contributed by atoms with Gasteiger partial charge in [0.15, 0.2) is 0 Å². The van der Waals surface area contributed by atoms with Crippen LogP contribution in [0.1, 0.15) is 0 Å². The summed E-state index contributed by atoms with van der Waals surface area (Å²) in [5.74, 6) is -0.237. The number of aromatic nitrogens is 1. The molecule has 0 unspecified atom stereocenters. The SMILES string of the molecule is FC(F)(F)Oc1cccc(-n2ccc3cc(Br)ccc32)c1. The predicted octanol–water partition coefficient (Wildman–Crippen LogP) is 5.29. The molecule has 3 aromatic rings. The van der Waals surface area contributed by atoms with Crippen molar-refractivity contribution in [3.05, 3.63) is 59.2 Å². The van der Waals surface area contributed by atoms with Gasteiger partial charge < -0.3 is 9.30 Å². The summed E-state index contributed by atoms with van der Waals surface area (Å²) in [6.45, 7) is 0. The molecule has 0 saturated carbocycles. The molecular weight excluding hydrogens is 347 g/mol. The summed E-state index contributed by atoms with van der Waals surface area (Å²) in [4.78, 5) is 0. The quantitative estimate of drug-likeness (QED) is 0.609. The monoisotopic (exact) mass is 355 g/mol. The zero-order valence-electron chi connectivity index (χ0n) is 10.6. The summed E-state index contributed by atoms with van der Waals surface area (Å²) in [6, 6.07) is 13.5. The van der Waals surface area contributed by atoms with Crippen molar-refractivity contribution in [3.63, 3.8) is 0 Å². The molecule has 6 heteroatoms. The molecule has 0 bridgehead atoms. The second kappa shape index (κ2) is 5.11. The van der Waals surface area contributed by atoms with E-state index in [9.17, 15) is 13.2 Å². The van der Waals surface area contributed by atoms with Gasteiger partial charge in [0.2, 0.25) is 0 Å². The minimum atomic E-state index is -4.69. The molecule has 0 amide bonds. The van der Waals surface area contributed by atoms with Crippen LogP contribution in [0.25, 0.3) is 16.6 Å². The van der Waals surface area contributed by atoms with E-state index in [1.165, 1.54) is 18.2 Å². The average Bonchev–Trinajstić information content (AvgIpc) is 2.79.